The zero-order chi connectivity index (χ0) is 17.5. The molecular formula is C15H10F6O2. The highest BCUT2D eigenvalue weighted by molar-refractivity contribution is 5.37. The lowest BCUT2D eigenvalue weighted by Crippen LogP contribution is -2.10. The van der Waals surface area contributed by atoms with Crippen molar-refractivity contribution in [2.24, 2.45) is 0 Å². The van der Waals surface area contributed by atoms with Crippen LogP contribution < -0.4 is 0 Å². The van der Waals surface area contributed by atoms with Crippen molar-refractivity contribution in [1.82, 2.24) is 0 Å². The molecule has 0 aliphatic rings. The second-order valence-corrected chi connectivity index (χ2v) is 5.00. The van der Waals surface area contributed by atoms with E-state index in [2.05, 4.69) is 0 Å². The molecule has 0 radical (unpaired) electrons. The van der Waals surface area contributed by atoms with Crippen molar-refractivity contribution in [3.05, 3.63) is 58.2 Å². The lowest BCUT2D eigenvalue weighted by molar-refractivity contribution is 0.347. The molecule has 2 nitrogen and oxygen atoms in total. The Hall–Kier alpha value is -2.38. The summed E-state index contributed by atoms with van der Waals surface area (Å²) in [7, 11) is 0. The second kappa shape index (κ2) is 6.02. The molecule has 0 saturated carbocycles. The predicted molar refractivity (Wildman–Crippen MR) is 68.1 cm³/mol. The first kappa shape index (κ1) is 17.0. The highest BCUT2D eigenvalue weighted by Crippen LogP contribution is 2.35. The van der Waals surface area contributed by atoms with Crippen LogP contribution in [0.4, 0.5) is 26.3 Å². The van der Waals surface area contributed by atoms with Crippen molar-refractivity contribution in [2.45, 2.75) is 19.3 Å². The normalized spacial score (nSPS) is 12.5. The van der Waals surface area contributed by atoms with Crippen LogP contribution in [0, 0.1) is 34.9 Å². The number of benzene rings is 2. The quantitative estimate of drug-likeness (QED) is 0.649. The minimum absolute atomic E-state index is 0.347. The summed E-state index contributed by atoms with van der Waals surface area (Å²) in [5.74, 6) is -14.6. The zero-order valence-corrected chi connectivity index (χ0v) is 11.6. The fraction of sp³-hybridized carbons (Fsp3) is 0.200. The number of phenols is 2. The number of halogens is 6. The van der Waals surface area contributed by atoms with Crippen molar-refractivity contribution < 1.29 is 36.6 Å². The van der Waals surface area contributed by atoms with Crippen LogP contribution in [0.2, 0.25) is 0 Å². The van der Waals surface area contributed by atoms with Crippen LogP contribution in [0.3, 0.4) is 0 Å². The van der Waals surface area contributed by atoms with Crippen LogP contribution in [0.15, 0.2) is 12.1 Å². The summed E-state index contributed by atoms with van der Waals surface area (Å²) < 4.78 is 81.1. The number of phenolic OH excluding ortho intramolecular Hbond substituents is 2. The monoisotopic (exact) mass is 336 g/mol. The molecule has 2 aromatic rings. The number of hydrogen-bond donors (Lipinski definition) is 2. The largest absolute Gasteiger partial charge is 0.505 e. The molecule has 124 valence electrons. The van der Waals surface area contributed by atoms with E-state index in [1.807, 2.05) is 0 Å². The van der Waals surface area contributed by atoms with E-state index in [1.165, 1.54) is 0 Å². The molecule has 0 fully saturated rings. The third-order valence-electron chi connectivity index (χ3n) is 3.43. The molecule has 2 rings (SSSR count). The molecule has 2 N–H and O–H groups in total. The van der Waals surface area contributed by atoms with Crippen LogP contribution in [0.1, 0.15) is 24.0 Å². The average Bonchev–Trinajstić information content (AvgIpc) is 2.52. The van der Waals surface area contributed by atoms with Crippen LogP contribution in [-0.4, -0.2) is 10.2 Å². The van der Waals surface area contributed by atoms with Gasteiger partial charge in [0, 0.05) is 5.56 Å². The standard InChI is InChI=1S/C15H10F6O2/c1-5(4-6-2-3-7(22)10(17)9(6)16)8-11(18)13(20)15(23)14(21)12(8)19/h2-3,5,22-23H,4H2,1H3. The van der Waals surface area contributed by atoms with Gasteiger partial charge in [-0.3, -0.25) is 0 Å². The average molecular weight is 336 g/mol. The van der Waals surface area contributed by atoms with Crippen molar-refractivity contribution in [3.8, 4) is 11.5 Å². The maximum atomic E-state index is 13.8. The van der Waals surface area contributed by atoms with E-state index in [4.69, 9.17) is 10.2 Å². The molecule has 1 unspecified atom stereocenters. The van der Waals surface area contributed by atoms with Gasteiger partial charge in [-0.25, -0.2) is 13.2 Å². The van der Waals surface area contributed by atoms with Gasteiger partial charge in [-0.05, 0) is 24.0 Å². The summed E-state index contributed by atoms with van der Waals surface area (Å²) in [4.78, 5) is 0. The zero-order valence-electron chi connectivity index (χ0n) is 11.6. The Morgan fingerprint density at radius 1 is 0.783 bits per heavy atom. The van der Waals surface area contributed by atoms with Gasteiger partial charge >= 0.3 is 0 Å². The Bertz CT molecular complexity index is 746. The summed E-state index contributed by atoms with van der Waals surface area (Å²) in [6, 6.07) is 1.82. The summed E-state index contributed by atoms with van der Waals surface area (Å²) in [5, 5.41) is 17.9. The van der Waals surface area contributed by atoms with Crippen LogP contribution in [0.5, 0.6) is 11.5 Å². The van der Waals surface area contributed by atoms with E-state index in [-0.39, 0.29) is 5.56 Å². The van der Waals surface area contributed by atoms with Crippen molar-refractivity contribution in [3.63, 3.8) is 0 Å². The molecule has 2 aromatic carbocycles. The van der Waals surface area contributed by atoms with E-state index < -0.39 is 64.3 Å². The summed E-state index contributed by atoms with van der Waals surface area (Å²) in [5.41, 5.74) is -1.38. The second-order valence-electron chi connectivity index (χ2n) is 5.00. The third kappa shape index (κ3) is 2.80. The minimum Gasteiger partial charge on any atom is -0.505 e. The summed E-state index contributed by atoms with van der Waals surface area (Å²) in [6.45, 7) is 1.14. The molecular weight excluding hydrogens is 326 g/mol. The number of hydrogen-bond acceptors (Lipinski definition) is 2. The topological polar surface area (TPSA) is 40.5 Å². The fourth-order valence-electron chi connectivity index (χ4n) is 2.24. The van der Waals surface area contributed by atoms with E-state index in [9.17, 15) is 26.3 Å². The Labute approximate surface area is 126 Å². The van der Waals surface area contributed by atoms with Gasteiger partial charge < -0.3 is 10.2 Å². The molecule has 1 atom stereocenters. The molecule has 0 aliphatic heterocycles. The van der Waals surface area contributed by atoms with E-state index >= 15 is 0 Å². The minimum atomic E-state index is -1.97. The SMILES string of the molecule is CC(Cc1ccc(O)c(F)c1F)c1c(F)c(F)c(O)c(F)c1F. The third-order valence-corrected chi connectivity index (χ3v) is 3.43. The maximum absolute atomic E-state index is 13.8. The molecule has 0 heterocycles. The van der Waals surface area contributed by atoms with Gasteiger partial charge in [0.1, 0.15) is 0 Å². The van der Waals surface area contributed by atoms with E-state index in [1.54, 1.807) is 0 Å². The maximum Gasteiger partial charge on any atom is 0.203 e. The Morgan fingerprint density at radius 3 is 1.83 bits per heavy atom. The van der Waals surface area contributed by atoms with Crippen LogP contribution >= 0.6 is 0 Å². The van der Waals surface area contributed by atoms with Crippen molar-refractivity contribution in [2.75, 3.05) is 0 Å². The Morgan fingerprint density at radius 2 is 1.30 bits per heavy atom. The van der Waals surface area contributed by atoms with E-state index in [0.717, 1.165) is 19.1 Å². The lowest BCUT2D eigenvalue weighted by Gasteiger charge is -2.16. The van der Waals surface area contributed by atoms with Gasteiger partial charge in [-0.1, -0.05) is 13.0 Å². The highest BCUT2D eigenvalue weighted by atomic mass is 19.2. The molecule has 0 spiro atoms. The molecule has 0 bridgehead atoms. The molecule has 0 aliphatic carbocycles. The summed E-state index contributed by atoms with van der Waals surface area (Å²) in [6.07, 6.45) is -0.499. The Balaban J connectivity index is 2.47. The number of aromatic hydroxyl groups is 2. The first-order valence-corrected chi connectivity index (χ1v) is 6.37. The molecule has 8 heteroatoms. The summed E-state index contributed by atoms with van der Waals surface area (Å²) >= 11 is 0. The van der Waals surface area contributed by atoms with Crippen molar-refractivity contribution in [1.29, 1.82) is 0 Å². The number of rotatable bonds is 3. The van der Waals surface area contributed by atoms with Gasteiger partial charge in [0.25, 0.3) is 0 Å². The highest BCUT2D eigenvalue weighted by Gasteiger charge is 2.29. The van der Waals surface area contributed by atoms with Crippen LogP contribution in [0.25, 0.3) is 0 Å². The first-order valence-electron chi connectivity index (χ1n) is 6.37. The van der Waals surface area contributed by atoms with E-state index in [0.29, 0.717) is 0 Å². The Kier molecular flexibility index (Phi) is 4.44. The van der Waals surface area contributed by atoms with Crippen molar-refractivity contribution >= 4 is 0 Å². The van der Waals surface area contributed by atoms with Gasteiger partial charge in [0.15, 0.2) is 29.0 Å². The molecule has 0 amide bonds. The van der Waals surface area contributed by atoms with Gasteiger partial charge in [-0.2, -0.15) is 13.2 Å². The predicted octanol–water partition coefficient (Wildman–Crippen LogP) is 4.28. The van der Waals surface area contributed by atoms with Gasteiger partial charge in [0.05, 0.1) is 0 Å². The van der Waals surface area contributed by atoms with Gasteiger partial charge in [-0.15, -0.1) is 0 Å². The first-order chi connectivity index (χ1) is 10.7. The smallest absolute Gasteiger partial charge is 0.203 e. The molecule has 23 heavy (non-hydrogen) atoms. The lowest BCUT2D eigenvalue weighted by atomic mass is 9.92. The molecule has 0 saturated heterocycles. The molecule has 0 aromatic heterocycles. The van der Waals surface area contributed by atoms with Crippen LogP contribution in [-0.2, 0) is 6.42 Å². The fourth-order valence-corrected chi connectivity index (χ4v) is 2.24. The van der Waals surface area contributed by atoms with Gasteiger partial charge in [0.2, 0.25) is 17.5 Å².